The SMILES string of the molecule is CC(C)(C)OC(=O)NC(C(C)(C)C)C(C)(C)N=C=O. The van der Waals surface area contributed by atoms with Crippen LogP contribution < -0.4 is 5.32 Å². The number of alkyl carbamates (subject to hydrolysis) is 1. The van der Waals surface area contributed by atoms with Crippen LogP contribution in [0.2, 0.25) is 0 Å². The summed E-state index contributed by atoms with van der Waals surface area (Å²) >= 11 is 0. The highest BCUT2D eigenvalue weighted by Gasteiger charge is 2.40. The summed E-state index contributed by atoms with van der Waals surface area (Å²) in [4.78, 5) is 26.2. The molecule has 0 aliphatic heterocycles. The van der Waals surface area contributed by atoms with Crippen molar-refractivity contribution in [3.8, 4) is 0 Å². The Balaban J connectivity index is 5.12. The van der Waals surface area contributed by atoms with Crippen molar-refractivity contribution in [3.63, 3.8) is 0 Å². The zero-order chi connectivity index (χ0) is 15.5. The lowest BCUT2D eigenvalue weighted by molar-refractivity contribution is 0.0420. The molecule has 0 heterocycles. The first kappa shape index (κ1) is 17.6. The van der Waals surface area contributed by atoms with Crippen molar-refractivity contribution in [2.45, 2.75) is 72.6 Å². The monoisotopic (exact) mass is 270 g/mol. The minimum absolute atomic E-state index is 0.277. The van der Waals surface area contributed by atoms with E-state index >= 15 is 0 Å². The molecule has 0 aromatic heterocycles. The Morgan fingerprint density at radius 1 is 1.11 bits per heavy atom. The Bertz CT molecular complexity index is 369. The van der Waals surface area contributed by atoms with Crippen LogP contribution in [0.5, 0.6) is 0 Å². The van der Waals surface area contributed by atoms with Crippen LogP contribution in [0.4, 0.5) is 4.79 Å². The molecular weight excluding hydrogens is 244 g/mol. The van der Waals surface area contributed by atoms with E-state index in [4.69, 9.17) is 4.74 Å². The zero-order valence-corrected chi connectivity index (χ0v) is 13.2. The van der Waals surface area contributed by atoms with Gasteiger partial charge in [-0.3, -0.25) is 0 Å². The van der Waals surface area contributed by atoms with Crippen LogP contribution in [0.3, 0.4) is 0 Å². The van der Waals surface area contributed by atoms with Gasteiger partial charge < -0.3 is 10.1 Å². The third-order valence-electron chi connectivity index (χ3n) is 2.57. The van der Waals surface area contributed by atoms with Crippen molar-refractivity contribution < 1.29 is 14.3 Å². The zero-order valence-electron chi connectivity index (χ0n) is 13.2. The molecule has 1 N–H and O–H groups in total. The lowest BCUT2D eigenvalue weighted by Crippen LogP contribution is -2.56. The second-order valence-corrected chi connectivity index (χ2v) is 7.30. The van der Waals surface area contributed by atoms with E-state index in [1.54, 1.807) is 40.7 Å². The molecule has 1 amide bonds. The minimum Gasteiger partial charge on any atom is -0.444 e. The maximum absolute atomic E-state index is 11.9. The minimum atomic E-state index is -0.753. The molecule has 0 spiro atoms. The summed E-state index contributed by atoms with van der Waals surface area (Å²) < 4.78 is 5.25. The summed E-state index contributed by atoms with van der Waals surface area (Å²) in [7, 11) is 0. The number of nitrogens with one attached hydrogen (secondary N) is 1. The highest BCUT2D eigenvalue weighted by Crippen LogP contribution is 2.30. The summed E-state index contributed by atoms with van der Waals surface area (Å²) in [6.45, 7) is 14.9. The predicted octanol–water partition coefficient (Wildman–Crippen LogP) is 3.04. The Morgan fingerprint density at radius 3 is 1.89 bits per heavy atom. The maximum Gasteiger partial charge on any atom is 0.407 e. The summed E-state index contributed by atoms with van der Waals surface area (Å²) in [5.74, 6) is 0. The number of nitrogens with zero attached hydrogens (tertiary/aromatic N) is 1. The number of ether oxygens (including phenoxy) is 1. The van der Waals surface area contributed by atoms with Crippen molar-refractivity contribution in [1.29, 1.82) is 0 Å². The molecule has 0 aromatic rings. The summed E-state index contributed by atoms with van der Waals surface area (Å²) in [6.07, 6.45) is 1.05. The third kappa shape index (κ3) is 6.39. The van der Waals surface area contributed by atoms with Gasteiger partial charge in [-0.2, -0.15) is 4.99 Å². The molecule has 0 radical (unpaired) electrons. The van der Waals surface area contributed by atoms with Gasteiger partial charge in [0.05, 0.1) is 11.6 Å². The first-order valence-electron chi connectivity index (χ1n) is 6.38. The Kier molecular flexibility index (Phi) is 5.33. The van der Waals surface area contributed by atoms with Gasteiger partial charge in [0, 0.05) is 0 Å². The number of aliphatic imine (C=N–C) groups is 1. The van der Waals surface area contributed by atoms with Crippen LogP contribution in [0.25, 0.3) is 0 Å². The number of carbonyl (C=O) groups excluding carboxylic acids is 2. The number of isocyanates is 1. The lowest BCUT2D eigenvalue weighted by Gasteiger charge is -2.40. The van der Waals surface area contributed by atoms with E-state index in [-0.39, 0.29) is 11.5 Å². The van der Waals surface area contributed by atoms with E-state index in [2.05, 4.69) is 10.3 Å². The largest absolute Gasteiger partial charge is 0.444 e. The second-order valence-electron chi connectivity index (χ2n) is 7.30. The van der Waals surface area contributed by atoms with Gasteiger partial charge in [0.25, 0.3) is 0 Å². The van der Waals surface area contributed by atoms with Gasteiger partial charge in [-0.1, -0.05) is 20.8 Å². The quantitative estimate of drug-likeness (QED) is 0.633. The first-order chi connectivity index (χ1) is 8.29. The molecule has 110 valence electrons. The molecule has 0 aliphatic carbocycles. The molecule has 0 fully saturated rings. The van der Waals surface area contributed by atoms with Crippen molar-refractivity contribution >= 4 is 12.2 Å². The van der Waals surface area contributed by atoms with Crippen molar-refractivity contribution in [2.75, 3.05) is 0 Å². The predicted molar refractivity (Wildman–Crippen MR) is 74.8 cm³/mol. The van der Waals surface area contributed by atoms with Gasteiger partial charge in [0.2, 0.25) is 6.08 Å². The fraction of sp³-hybridized carbons (Fsp3) is 0.857. The highest BCUT2D eigenvalue weighted by atomic mass is 16.6. The van der Waals surface area contributed by atoms with Crippen molar-refractivity contribution in [2.24, 2.45) is 10.4 Å². The molecule has 1 atom stereocenters. The lowest BCUT2D eigenvalue weighted by atomic mass is 9.76. The summed E-state index contributed by atoms with van der Waals surface area (Å²) in [5, 5.41) is 2.80. The van der Waals surface area contributed by atoms with E-state index in [1.807, 2.05) is 20.8 Å². The Hall–Kier alpha value is -1.35. The molecule has 0 aliphatic rings. The third-order valence-corrected chi connectivity index (χ3v) is 2.57. The summed E-state index contributed by atoms with van der Waals surface area (Å²) in [5.41, 5.74) is -1.59. The van der Waals surface area contributed by atoms with Crippen LogP contribution in [-0.2, 0) is 9.53 Å². The van der Waals surface area contributed by atoms with Crippen LogP contribution in [0.15, 0.2) is 4.99 Å². The molecule has 0 rings (SSSR count). The molecule has 0 saturated carbocycles. The van der Waals surface area contributed by atoms with E-state index in [9.17, 15) is 9.59 Å². The summed E-state index contributed by atoms with van der Waals surface area (Å²) in [6, 6.07) is -0.351. The number of amides is 1. The highest BCUT2D eigenvalue weighted by molar-refractivity contribution is 5.68. The maximum atomic E-state index is 11.9. The van der Waals surface area contributed by atoms with Crippen LogP contribution in [0.1, 0.15) is 55.4 Å². The number of hydrogen-bond acceptors (Lipinski definition) is 4. The molecular formula is C14H26N2O3. The average molecular weight is 270 g/mol. The number of hydrogen-bond donors (Lipinski definition) is 1. The molecule has 0 saturated heterocycles. The Labute approximate surface area is 115 Å². The van der Waals surface area contributed by atoms with Gasteiger partial charge in [-0.05, 0) is 40.0 Å². The standard InChI is InChI=1S/C14H26N2O3/c1-12(2,3)10(14(7,8)15-9-17)16-11(18)19-13(4,5)6/h10H,1-8H3,(H,16,18). The van der Waals surface area contributed by atoms with Gasteiger partial charge >= 0.3 is 6.09 Å². The molecule has 5 heteroatoms. The van der Waals surface area contributed by atoms with Crippen molar-refractivity contribution in [1.82, 2.24) is 5.32 Å². The van der Waals surface area contributed by atoms with E-state index < -0.39 is 17.2 Å². The van der Waals surface area contributed by atoms with Gasteiger partial charge in [-0.25, -0.2) is 9.59 Å². The molecule has 0 aromatic carbocycles. The van der Waals surface area contributed by atoms with Gasteiger partial charge in [0.15, 0.2) is 0 Å². The molecule has 0 bridgehead atoms. The fourth-order valence-electron chi connectivity index (χ4n) is 2.06. The fourth-order valence-corrected chi connectivity index (χ4v) is 2.06. The molecule has 5 nitrogen and oxygen atoms in total. The van der Waals surface area contributed by atoms with Gasteiger partial charge in [-0.15, -0.1) is 0 Å². The topological polar surface area (TPSA) is 67.8 Å². The Morgan fingerprint density at radius 2 is 1.58 bits per heavy atom. The van der Waals surface area contributed by atoms with E-state index in [0.717, 1.165) is 0 Å². The molecule has 19 heavy (non-hydrogen) atoms. The first-order valence-corrected chi connectivity index (χ1v) is 6.38. The van der Waals surface area contributed by atoms with Crippen LogP contribution in [-0.4, -0.2) is 29.4 Å². The average Bonchev–Trinajstić information content (AvgIpc) is 2.09. The van der Waals surface area contributed by atoms with Crippen molar-refractivity contribution in [3.05, 3.63) is 0 Å². The molecule has 1 unspecified atom stereocenters. The van der Waals surface area contributed by atoms with Crippen LogP contribution in [0, 0.1) is 5.41 Å². The number of rotatable bonds is 3. The normalized spacial score (nSPS) is 14.3. The van der Waals surface area contributed by atoms with Crippen LogP contribution >= 0.6 is 0 Å². The second kappa shape index (κ2) is 5.74. The number of carbonyl (C=O) groups is 1. The van der Waals surface area contributed by atoms with Gasteiger partial charge in [0.1, 0.15) is 5.60 Å². The van der Waals surface area contributed by atoms with E-state index in [1.165, 1.54) is 0 Å². The smallest absolute Gasteiger partial charge is 0.407 e. The van der Waals surface area contributed by atoms with E-state index in [0.29, 0.717) is 0 Å².